The van der Waals surface area contributed by atoms with Crippen LogP contribution in [0.25, 0.3) is 6.08 Å². The first-order valence-electron chi connectivity index (χ1n) is 14.0. The summed E-state index contributed by atoms with van der Waals surface area (Å²) < 4.78 is 25.4. The minimum Gasteiger partial charge on any atom is -0.491 e. The number of hydrogen-bond donors (Lipinski definition) is 0. The van der Waals surface area contributed by atoms with E-state index in [9.17, 15) is 9.59 Å². The number of benzene rings is 2. The number of esters is 1. The van der Waals surface area contributed by atoms with Gasteiger partial charge in [-0.3, -0.25) is 9.36 Å². The lowest BCUT2D eigenvalue weighted by molar-refractivity contribution is -0.139. The first-order chi connectivity index (χ1) is 19.6. The Bertz CT molecular complexity index is 1620. The first-order valence-corrected chi connectivity index (χ1v) is 14.8. The van der Waals surface area contributed by atoms with E-state index in [0.717, 1.165) is 5.56 Å². The Kier molecular flexibility index (Phi) is 9.70. The van der Waals surface area contributed by atoms with Crippen LogP contribution in [0.15, 0.2) is 63.5 Å². The van der Waals surface area contributed by atoms with Crippen molar-refractivity contribution < 1.29 is 23.7 Å². The van der Waals surface area contributed by atoms with Crippen molar-refractivity contribution in [3.63, 3.8) is 0 Å². The summed E-state index contributed by atoms with van der Waals surface area (Å²) >= 11 is 1.27. The van der Waals surface area contributed by atoms with Crippen LogP contribution in [0.5, 0.6) is 17.2 Å². The van der Waals surface area contributed by atoms with Crippen molar-refractivity contribution in [1.29, 1.82) is 0 Å². The van der Waals surface area contributed by atoms with Crippen LogP contribution in [-0.4, -0.2) is 36.5 Å². The molecular formula is C32H38N2O6S. The van der Waals surface area contributed by atoms with E-state index in [1.165, 1.54) is 11.3 Å². The first kappa shape index (κ1) is 30.1. The summed E-state index contributed by atoms with van der Waals surface area (Å²) in [7, 11) is 0. The van der Waals surface area contributed by atoms with Gasteiger partial charge in [0.05, 0.1) is 41.7 Å². The fourth-order valence-electron chi connectivity index (χ4n) is 4.56. The summed E-state index contributed by atoms with van der Waals surface area (Å²) in [4.78, 5) is 32.5. The van der Waals surface area contributed by atoms with E-state index >= 15 is 0 Å². The van der Waals surface area contributed by atoms with Crippen molar-refractivity contribution in [1.82, 2.24) is 4.57 Å². The van der Waals surface area contributed by atoms with Crippen LogP contribution in [0, 0.1) is 5.92 Å². The topological polar surface area (TPSA) is 88.4 Å². The Balaban J connectivity index is 1.88. The molecule has 0 amide bonds. The average molecular weight is 579 g/mol. The largest absolute Gasteiger partial charge is 0.491 e. The molecule has 2 heterocycles. The third-order valence-electron chi connectivity index (χ3n) is 6.23. The van der Waals surface area contributed by atoms with Gasteiger partial charge in [0.25, 0.3) is 5.56 Å². The molecule has 1 aliphatic heterocycles. The predicted molar refractivity (Wildman–Crippen MR) is 161 cm³/mol. The molecular weight excluding hydrogens is 540 g/mol. The molecule has 0 saturated heterocycles. The van der Waals surface area contributed by atoms with Gasteiger partial charge in [-0.1, -0.05) is 49.4 Å². The summed E-state index contributed by atoms with van der Waals surface area (Å²) in [5.74, 6) is 1.74. The van der Waals surface area contributed by atoms with Crippen LogP contribution >= 0.6 is 11.3 Å². The molecule has 4 rings (SSSR count). The highest BCUT2D eigenvalue weighted by atomic mass is 32.1. The van der Waals surface area contributed by atoms with Gasteiger partial charge >= 0.3 is 5.97 Å². The van der Waals surface area contributed by atoms with Crippen molar-refractivity contribution in [2.24, 2.45) is 10.9 Å². The molecule has 0 fully saturated rings. The maximum atomic E-state index is 14.0. The van der Waals surface area contributed by atoms with Crippen LogP contribution in [0.3, 0.4) is 0 Å². The zero-order chi connectivity index (χ0) is 29.7. The zero-order valence-corrected chi connectivity index (χ0v) is 25.5. The fourth-order valence-corrected chi connectivity index (χ4v) is 5.61. The number of allylic oxidation sites excluding steroid dienone is 1. The standard InChI is InChI=1S/C32H38N2O6S/c1-8-37-26-16-22(14-15-25(26)39-18-19(3)4)17-27-30(35)34-29(23-12-10-11-13-24(23)40-20(5)6)28(31(36)38-9-2)21(7)33-32(34)41-27/h10-17,19-20,29H,8-9,18H2,1-7H3/b27-17-. The Morgan fingerprint density at radius 2 is 1.78 bits per heavy atom. The van der Waals surface area contributed by atoms with E-state index in [0.29, 0.717) is 62.5 Å². The molecule has 1 aromatic heterocycles. The minimum absolute atomic E-state index is 0.102. The molecule has 2 aromatic carbocycles. The van der Waals surface area contributed by atoms with Gasteiger partial charge in [0, 0.05) is 5.56 Å². The van der Waals surface area contributed by atoms with Crippen molar-refractivity contribution in [3.8, 4) is 17.2 Å². The highest BCUT2D eigenvalue weighted by molar-refractivity contribution is 7.07. The maximum absolute atomic E-state index is 14.0. The highest BCUT2D eigenvalue weighted by Gasteiger charge is 2.35. The van der Waals surface area contributed by atoms with Gasteiger partial charge < -0.3 is 18.9 Å². The molecule has 0 radical (unpaired) electrons. The number of thiazole rings is 1. The molecule has 0 aliphatic carbocycles. The summed E-state index contributed by atoms with van der Waals surface area (Å²) in [6.45, 7) is 14.7. The molecule has 0 N–H and O–H groups in total. The van der Waals surface area contributed by atoms with Crippen molar-refractivity contribution in [2.75, 3.05) is 19.8 Å². The van der Waals surface area contributed by atoms with Gasteiger partial charge in [-0.25, -0.2) is 9.79 Å². The zero-order valence-electron chi connectivity index (χ0n) is 24.7. The molecule has 0 bridgehead atoms. The lowest BCUT2D eigenvalue weighted by atomic mass is 9.95. The van der Waals surface area contributed by atoms with Crippen molar-refractivity contribution in [2.45, 2.75) is 60.6 Å². The van der Waals surface area contributed by atoms with E-state index in [4.69, 9.17) is 18.9 Å². The smallest absolute Gasteiger partial charge is 0.338 e. The third kappa shape index (κ3) is 6.73. The number of nitrogens with zero attached hydrogens (tertiary/aromatic N) is 2. The molecule has 1 aliphatic rings. The van der Waals surface area contributed by atoms with Crippen molar-refractivity contribution >= 4 is 23.4 Å². The molecule has 8 nitrogen and oxygen atoms in total. The summed E-state index contributed by atoms with van der Waals surface area (Å²) in [5, 5.41) is 0. The Labute approximate surface area is 244 Å². The van der Waals surface area contributed by atoms with Crippen LogP contribution < -0.4 is 29.1 Å². The number of carbonyl (C=O) groups excluding carboxylic acids is 1. The number of para-hydroxylation sites is 1. The van der Waals surface area contributed by atoms with Gasteiger partial charge in [-0.05, 0) is 70.4 Å². The Morgan fingerprint density at radius 1 is 1.02 bits per heavy atom. The molecule has 218 valence electrons. The second kappa shape index (κ2) is 13.2. The van der Waals surface area contributed by atoms with E-state index < -0.39 is 12.0 Å². The van der Waals surface area contributed by atoms with Gasteiger partial charge in [0.15, 0.2) is 16.3 Å². The summed E-state index contributed by atoms with van der Waals surface area (Å²) in [5.41, 5.74) is 2.04. The number of carbonyl (C=O) groups is 1. The SMILES string of the molecule is CCOC(=O)C1=C(C)N=c2s/c(=C\c3ccc(OCC(C)C)c(OCC)c3)c(=O)n2C1c1ccccc1OC(C)C. The molecule has 0 saturated carbocycles. The highest BCUT2D eigenvalue weighted by Crippen LogP contribution is 2.36. The molecule has 9 heteroatoms. The van der Waals surface area contributed by atoms with E-state index in [1.54, 1.807) is 18.4 Å². The number of hydrogen-bond acceptors (Lipinski definition) is 8. The van der Waals surface area contributed by atoms with E-state index in [1.807, 2.05) is 69.3 Å². The van der Waals surface area contributed by atoms with Gasteiger partial charge in [-0.15, -0.1) is 0 Å². The summed E-state index contributed by atoms with van der Waals surface area (Å²) in [6, 6.07) is 12.3. The lowest BCUT2D eigenvalue weighted by Gasteiger charge is -2.26. The van der Waals surface area contributed by atoms with E-state index in [-0.39, 0.29) is 18.3 Å². The van der Waals surface area contributed by atoms with Gasteiger partial charge in [-0.2, -0.15) is 0 Å². The second-order valence-corrected chi connectivity index (χ2v) is 11.4. The Morgan fingerprint density at radius 3 is 2.46 bits per heavy atom. The third-order valence-corrected chi connectivity index (χ3v) is 7.21. The lowest BCUT2D eigenvalue weighted by Crippen LogP contribution is -2.40. The number of aromatic nitrogens is 1. The monoisotopic (exact) mass is 578 g/mol. The van der Waals surface area contributed by atoms with Crippen LogP contribution in [0.1, 0.15) is 65.6 Å². The van der Waals surface area contributed by atoms with Crippen molar-refractivity contribution in [3.05, 3.63) is 84.5 Å². The minimum atomic E-state index is -0.756. The Hall–Kier alpha value is -3.85. The predicted octanol–water partition coefficient (Wildman–Crippen LogP) is 5.02. The molecule has 3 aromatic rings. The number of rotatable bonds is 11. The molecule has 1 atom stereocenters. The molecule has 41 heavy (non-hydrogen) atoms. The van der Waals surface area contributed by atoms with Gasteiger partial charge in [0.2, 0.25) is 0 Å². The molecule has 1 unspecified atom stereocenters. The van der Waals surface area contributed by atoms with Crippen LogP contribution in [0.2, 0.25) is 0 Å². The normalized spacial score (nSPS) is 15.1. The molecule has 0 spiro atoms. The van der Waals surface area contributed by atoms with E-state index in [2.05, 4.69) is 18.8 Å². The average Bonchev–Trinajstić information content (AvgIpc) is 3.21. The second-order valence-electron chi connectivity index (χ2n) is 10.4. The number of fused-ring (bicyclic) bond motifs is 1. The summed E-state index contributed by atoms with van der Waals surface area (Å²) in [6.07, 6.45) is 1.71. The van der Waals surface area contributed by atoms with Crippen LogP contribution in [-0.2, 0) is 9.53 Å². The number of ether oxygens (including phenoxy) is 4. The fraction of sp³-hybridized carbons (Fsp3) is 0.406. The maximum Gasteiger partial charge on any atom is 0.338 e. The van der Waals surface area contributed by atoms with Gasteiger partial charge in [0.1, 0.15) is 11.8 Å². The van der Waals surface area contributed by atoms with Crippen LogP contribution in [0.4, 0.5) is 0 Å². The quantitative estimate of drug-likeness (QED) is 0.297.